The van der Waals surface area contributed by atoms with Crippen molar-refractivity contribution in [1.82, 2.24) is 14.9 Å². The predicted molar refractivity (Wildman–Crippen MR) is 160 cm³/mol. The Morgan fingerprint density at radius 2 is 1.90 bits per heavy atom. The number of benzene rings is 2. The summed E-state index contributed by atoms with van der Waals surface area (Å²) in [5.41, 5.74) is 0.306. The highest BCUT2D eigenvalue weighted by Gasteiger charge is 2.30. The van der Waals surface area contributed by atoms with Gasteiger partial charge in [-0.2, -0.15) is 0 Å². The van der Waals surface area contributed by atoms with E-state index < -0.39 is 28.1 Å². The number of esters is 1. The summed E-state index contributed by atoms with van der Waals surface area (Å²) in [6, 6.07) is 11.0. The second-order valence-electron chi connectivity index (χ2n) is 9.87. The lowest BCUT2D eigenvalue weighted by Gasteiger charge is -2.26. The van der Waals surface area contributed by atoms with Crippen LogP contribution in [-0.4, -0.2) is 48.5 Å². The average Bonchev–Trinajstić information content (AvgIpc) is 3.56. The van der Waals surface area contributed by atoms with Crippen LogP contribution in [0.25, 0.3) is 16.7 Å². The summed E-state index contributed by atoms with van der Waals surface area (Å²) in [4.78, 5) is 21.5. The first-order valence-electron chi connectivity index (χ1n) is 12.1. The number of hydrogen-bond donors (Lipinski definition) is 1. The number of carbonyl (C=O) groups is 1. The summed E-state index contributed by atoms with van der Waals surface area (Å²) in [5.74, 6) is 0.781. The zero-order valence-electron chi connectivity index (χ0n) is 21.8. The third-order valence-corrected chi connectivity index (χ3v) is 8.72. The second kappa shape index (κ2) is 10.9. The number of nitrogens with zero attached hydrogens (tertiary/aromatic N) is 4. The van der Waals surface area contributed by atoms with Gasteiger partial charge in [-0.3, -0.25) is 14.1 Å². The Balaban J connectivity index is 1.52. The van der Waals surface area contributed by atoms with Crippen molar-refractivity contribution in [2.75, 3.05) is 17.4 Å². The molecule has 4 aromatic rings. The molecule has 0 fully saturated rings. The summed E-state index contributed by atoms with van der Waals surface area (Å²) < 4.78 is 36.1. The molecule has 0 amide bonds. The van der Waals surface area contributed by atoms with E-state index in [1.807, 2.05) is 28.3 Å². The topological polar surface area (TPSA) is 106 Å². The quantitative estimate of drug-likeness (QED) is 0.263. The van der Waals surface area contributed by atoms with Crippen molar-refractivity contribution in [1.29, 1.82) is 0 Å². The number of hydrogen-bond acceptors (Lipinski definition) is 8. The molecule has 1 aliphatic rings. The SMILES string of the molecule is CC(C)(C)OC(=O)CN(c1ccc2c(ccn2C2=CCN=C(c3nccs3)N2)c1)S(=O)(=O)c1cc(Cl)cc(Cl)c1. The third-order valence-electron chi connectivity index (χ3n) is 5.75. The molecule has 9 nitrogen and oxygen atoms in total. The van der Waals surface area contributed by atoms with Gasteiger partial charge in [-0.25, -0.2) is 13.4 Å². The van der Waals surface area contributed by atoms with E-state index in [4.69, 9.17) is 27.9 Å². The Morgan fingerprint density at radius 1 is 1.15 bits per heavy atom. The van der Waals surface area contributed by atoms with E-state index in [9.17, 15) is 13.2 Å². The Kier molecular flexibility index (Phi) is 7.66. The van der Waals surface area contributed by atoms with E-state index in [1.54, 1.807) is 45.2 Å². The number of rotatable bonds is 7. The van der Waals surface area contributed by atoms with E-state index in [2.05, 4.69) is 15.3 Å². The summed E-state index contributed by atoms with van der Waals surface area (Å²) in [6.45, 7) is 5.09. The van der Waals surface area contributed by atoms with E-state index in [0.29, 0.717) is 12.4 Å². The van der Waals surface area contributed by atoms with Crippen molar-refractivity contribution >= 4 is 78.8 Å². The zero-order valence-corrected chi connectivity index (χ0v) is 24.9. The highest BCUT2D eigenvalue weighted by molar-refractivity contribution is 7.92. The average molecular weight is 619 g/mol. The summed E-state index contributed by atoms with van der Waals surface area (Å²) >= 11 is 13.7. The van der Waals surface area contributed by atoms with Crippen LogP contribution in [0.4, 0.5) is 5.69 Å². The molecule has 3 heterocycles. The first kappa shape index (κ1) is 28.2. The Morgan fingerprint density at radius 3 is 2.58 bits per heavy atom. The fourth-order valence-electron chi connectivity index (χ4n) is 4.16. The van der Waals surface area contributed by atoms with E-state index in [0.717, 1.165) is 26.0 Å². The number of halogens is 2. The van der Waals surface area contributed by atoms with Crippen LogP contribution in [0.1, 0.15) is 25.8 Å². The highest BCUT2D eigenvalue weighted by atomic mass is 35.5. The summed E-state index contributed by atoms with van der Waals surface area (Å²) in [5, 5.41) is 7.07. The lowest BCUT2D eigenvalue weighted by molar-refractivity contribution is -0.152. The first-order valence-corrected chi connectivity index (χ1v) is 15.2. The van der Waals surface area contributed by atoms with Crippen LogP contribution in [0, 0.1) is 0 Å². The minimum Gasteiger partial charge on any atom is -0.459 e. The fourth-order valence-corrected chi connectivity index (χ4v) is 6.89. The fraction of sp³-hybridized carbons (Fsp3) is 0.222. The molecule has 1 N–H and O–H groups in total. The molecule has 0 unspecified atom stereocenters. The minimum absolute atomic E-state index is 0.142. The molecule has 0 saturated heterocycles. The normalized spacial score (nSPS) is 13.9. The van der Waals surface area contributed by atoms with Crippen molar-refractivity contribution in [2.24, 2.45) is 4.99 Å². The van der Waals surface area contributed by atoms with Gasteiger partial charge in [-0.05, 0) is 69.3 Å². The zero-order chi connectivity index (χ0) is 28.7. The minimum atomic E-state index is -4.25. The van der Waals surface area contributed by atoms with Gasteiger partial charge in [0.25, 0.3) is 10.0 Å². The van der Waals surface area contributed by atoms with Gasteiger partial charge in [0.2, 0.25) is 0 Å². The van der Waals surface area contributed by atoms with Crippen LogP contribution >= 0.6 is 34.5 Å². The van der Waals surface area contributed by atoms with Crippen molar-refractivity contribution in [3.05, 3.63) is 81.4 Å². The Hall–Kier alpha value is -3.38. The van der Waals surface area contributed by atoms with Crippen molar-refractivity contribution in [2.45, 2.75) is 31.3 Å². The number of thiazole rings is 1. The number of ether oxygens (including phenoxy) is 1. The predicted octanol–water partition coefficient (Wildman–Crippen LogP) is 5.79. The van der Waals surface area contributed by atoms with E-state index in [1.165, 1.54) is 29.5 Å². The molecule has 0 saturated carbocycles. The molecule has 5 rings (SSSR count). The molecule has 2 aromatic heterocycles. The smallest absolute Gasteiger partial charge is 0.327 e. The van der Waals surface area contributed by atoms with Gasteiger partial charge in [0.1, 0.15) is 18.0 Å². The molecule has 1 aliphatic heterocycles. The monoisotopic (exact) mass is 617 g/mol. The van der Waals surface area contributed by atoms with Gasteiger partial charge >= 0.3 is 5.97 Å². The molecular weight excluding hydrogens is 593 g/mol. The lowest BCUT2D eigenvalue weighted by Crippen LogP contribution is -2.39. The Bertz CT molecular complexity index is 1740. The van der Waals surface area contributed by atoms with Crippen LogP contribution in [0.2, 0.25) is 10.0 Å². The van der Waals surface area contributed by atoms with Crippen molar-refractivity contribution in [3.8, 4) is 0 Å². The first-order chi connectivity index (χ1) is 18.9. The van der Waals surface area contributed by atoms with Crippen LogP contribution in [0.3, 0.4) is 0 Å². The maximum Gasteiger partial charge on any atom is 0.327 e. The van der Waals surface area contributed by atoms with Crippen molar-refractivity contribution < 1.29 is 17.9 Å². The molecule has 0 aliphatic carbocycles. The highest BCUT2D eigenvalue weighted by Crippen LogP contribution is 2.31. The standard InChI is InChI=1S/C27H25Cl2N5O4S2/c1-27(2,3)38-24(35)16-34(40(36,37)21-14-18(28)13-19(29)15-21)20-4-5-22-17(12-20)7-10-33(22)23-6-8-30-25(32-23)26-31-9-11-39-26/h4-7,9-15H,8,16H2,1-3H3,(H,30,32). The molecule has 208 valence electrons. The molecule has 0 radical (unpaired) electrons. The number of sulfonamides is 1. The number of aliphatic imine (C=N–C) groups is 1. The lowest BCUT2D eigenvalue weighted by atomic mass is 10.2. The third kappa shape index (κ3) is 6.02. The molecule has 0 bridgehead atoms. The molecule has 0 atom stereocenters. The van der Waals surface area contributed by atoms with Crippen LogP contribution in [0.5, 0.6) is 0 Å². The van der Waals surface area contributed by atoms with Crippen molar-refractivity contribution in [3.63, 3.8) is 0 Å². The summed E-state index contributed by atoms with van der Waals surface area (Å²) in [7, 11) is -4.25. The number of amidine groups is 1. The van der Waals surface area contributed by atoms with Gasteiger partial charge < -0.3 is 14.6 Å². The number of fused-ring (bicyclic) bond motifs is 1. The van der Waals surface area contributed by atoms with Crippen LogP contribution in [-0.2, 0) is 19.6 Å². The number of nitrogens with one attached hydrogen (secondary N) is 1. The van der Waals surface area contributed by atoms with E-state index >= 15 is 0 Å². The molecular formula is C27H25Cl2N5O4S2. The summed E-state index contributed by atoms with van der Waals surface area (Å²) in [6.07, 6.45) is 5.55. The van der Waals surface area contributed by atoms with Gasteiger partial charge in [-0.15, -0.1) is 11.3 Å². The molecule has 0 spiro atoms. The molecule has 2 aromatic carbocycles. The van der Waals surface area contributed by atoms with E-state index in [-0.39, 0.29) is 20.6 Å². The van der Waals surface area contributed by atoms with Crippen LogP contribution < -0.4 is 9.62 Å². The second-order valence-corrected chi connectivity index (χ2v) is 13.5. The number of anilines is 1. The molecule has 13 heteroatoms. The maximum absolute atomic E-state index is 13.8. The maximum atomic E-state index is 13.8. The number of carbonyl (C=O) groups excluding carboxylic acids is 1. The molecule has 40 heavy (non-hydrogen) atoms. The van der Waals surface area contributed by atoms with Crippen LogP contribution in [0.15, 0.2) is 76.2 Å². The largest absolute Gasteiger partial charge is 0.459 e. The Labute approximate surface area is 245 Å². The van der Waals surface area contributed by atoms with Gasteiger partial charge in [-0.1, -0.05) is 23.2 Å². The van der Waals surface area contributed by atoms with Gasteiger partial charge in [0, 0.05) is 33.2 Å². The van der Waals surface area contributed by atoms with Gasteiger partial charge in [0.05, 0.1) is 22.6 Å². The number of aromatic nitrogens is 2. The van der Waals surface area contributed by atoms with Gasteiger partial charge in [0.15, 0.2) is 10.8 Å².